The Bertz CT molecular complexity index is 1040. The van der Waals surface area contributed by atoms with Crippen LogP contribution in [0.3, 0.4) is 0 Å². The Balaban J connectivity index is 1.96. The summed E-state index contributed by atoms with van der Waals surface area (Å²) in [4.78, 5) is 12.1. The summed E-state index contributed by atoms with van der Waals surface area (Å²) in [6, 6.07) is 13.5. The van der Waals surface area contributed by atoms with Crippen molar-refractivity contribution in [2.24, 2.45) is 0 Å². The molecule has 0 bridgehead atoms. The van der Waals surface area contributed by atoms with Gasteiger partial charge in [0, 0.05) is 25.2 Å². The number of hydrogen-bond donors (Lipinski definition) is 1. The first kappa shape index (κ1) is 18.8. The average Bonchev–Trinajstić information content (AvgIpc) is 2.68. The molecule has 1 amide bonds. The van der Waals surface area contributed by atoms with E-state index >= 15 is 0 Å². The molecule has 0 atom stereocenters. The van der Waals surface area contributed by atoms with Crippen molar-refractivity contribution < 1.29 is 13.2 Å². The number of fused-ring (bicyclic) bond motifs is 1. The van der Waals surface area contributed by atoms with Crippen LogP contribution >= 0.6 is 0 Å². The molecule has 2 aromatic carbocycles. The maximum atomic E-state index is 13.2. The number of nitrogens with one attached hydrogen (secondary N) is 1. The Hall–Kier alpha value is -2.95. The van der Waals surface area contributed by atoms with Gasteiger partial charge in [0.1, 0.15) is 0 Å². The van der Waals surface area contributed by atoms with Gasteiger partial charge in [0.25, 0.3) is 5.91 Å². The van der Waals surface area contributed by atoms with E-state index in [0.717, 1.165) is 5.56 Å². The van der Waals surface area contributed by atoms with Crippen molar-refractivity contribution in [3.8, 4) is 6.07 Å². The zero-order valence-corrected chi connectivity index (χ0v) is 15.5. The van der Waals surface area contributed by atoms with Gasteiger partial charge in [-0.2, -0.15) is 9.57 Å². The number of hydrogen-bond acceptors (Lipinski definition) is 4. The first-order chi connectivity index (χ1) is 13.0. The molecule has 3 rings (SSSR count). The maximum absolute atomic E-state index is 13.2. The van der Waals surface area contributed by atoms with E-state index in [0.29, 0.717) is 29.7 Å². The number of carbonyl (C=O) groups excluding carboxylic acids is 1. The van der Waals surface area contributed by atoms with Crippen LogP contribution in [0.25, 0.3) is 0 Å². The van der Waals surface area contributed by atoms with E-state index < -0.39 is 10.0 Å². The van der Waals surface area contributed by atoms with E-state index in [1.54, 1.807) is 30.3 Å². The first-order valence-electron chi connectivity index (χ1n) is 8.47. The monoisotopic (exact) mass is 381 g/mol. The van der Waals surface area contributed by atoms with Crippen LogP contribution in [-0.2, 0) is 23.0 Å². The van der Waals surface area contributed by atoms with Crippen molar-refractivity contribution in [3.63, 3.8) is 0 Å². The minimum atomic E-state index is -3.84. The van der Waals surface area contributed by atoms with Crippen LogP contribution in [0.4, 0.5) is 0 Å². The standard InChI is InChI=1S/C20H19N3O3S/c1-2-10-23(14-16-5-3-4-15(11-16)13-21)27(25,26)18-7-6-17-8-9-22-20(24)19(17)12-18/h2-7,11-12H,1,8-10,14H2,(H,22,24). The second-order valence-corrected chi connectivity index (χ2v) is 8.16. The zero-order valence-electron chi connectivity index (χ0n) is 14.7. The second kappa shape index (κ2) is 7.74. The number of carbonyl (C=O) groups is 1. The summed E-state index contributed by atoms with van der Waals surface area (Å²) in [5, 5.41) is 11.8. The molecule has 1 aliphatic rings. The van der Waals surface area contributed by atoms with Crippen LogP contribution in [-0.4, -0.2) is 31.7 Å². The SMILES string of the molecule is C=CCN(Cc1cccc(C#N)c1)S(=O)(=O)c1ccc2c(c1)C(=O)NCC2. The Labute approximate surface area is 158 Å². The molecule has 1 heterocycles. The second-order valence-electron chi connectivity index (χ2n) is 6.22. The number of sulfonamides is 1. The molecule has 6 nitrogen and oxygen atoms in total. The minimum Gasteiger partial charge on any atom is -0.352 e. The summed E-state index contributed by atoms with van der Waals surface area (Å²) >= 11 is 0. The molecule has 27 heavy (non-hydrogen) atoms. The number of rotatable bonds is 6. The van der Waals surface area contributed by atoms with Gasteiger partial charge in [-0.05, 0) is 41.8 Å². The highest BCUT2D eigenvalue weighted by Gasteiger charge is 2.26. The number of nitriles is 1. The fraction of sp³-hybridized carbons (Fsp3) is 0.200. The lowest BCUT2D eigenvalue weighted by Crippen LogP contribution is -2.33. The molecule has 0 saturated carbocycles. The van der Waals surface area contributed by atoms with E-state index in [2.05, 4.69) is 11.9 Å². The van der Waals surface area contributed by atoms with E-state index in [9.17, 15) is 13.2 Å². The molecule has 7 heteroatoms. The van der Waals surface area contributed by atoms with Gasteiger partial charge in [0.05, 0.1) is 16.5 Å². The molecule has 2 aromatic rings. The van der Waals surface area contributed by atoms with Crippen molar-refractivity contribution in [2.45, 2.75) is 17.9 Å². The summed E-state index contributed by atoms with van der Waals surface area (Å²) in [6.45, 7) is 4.41. The Kier molecular flexibility index (Phi) is 5.40. The van der Waals surface area contributed by atoms with E-state index in [-0.39, 0.29) is 23.9 Å². The van der Waals surface area contributed by atoms with E-state index in [4.69, 9.17) is 5.26 Å². The summed E-state index contributed by atoms with van der Waals surface area (Å²) < 4.78 is 27.6. The van der Waals surface area contributed by atoms with Crippen molar-refractivity contribution in [3.05, 3.63) is 77.4 Å². The predicted octanol–water partition coefficient (Wildman–Crippen LogP) is 2.22. The molecule has 1 aliphatic heterocycles. The third kappa shape index (κ3) is 3.92. The third-order valence-electron chi connectivity index (χ3n) is 4.39. The number of nitrogens with zero attached hydrogens (tertiary/aromatic N) is 2. The van der Waals surface area contributed by atoms with Gasteiger partial charge in [-0.15, -0.1) is 6.58 Å². The van der Waals surface area contributed by atoms with Gasteiger partial charge in [0.15, 0.2) is 0 Å². The molecule has 0 radical (unpaired) electrons. The molecule has 0 spiro atoms. The van der Waals surface area contributed by atoms with Gasteiger partial charge in [-0.1, -0.05) is 24.3 Å². The van der Waals surface area contributed by atoms with Crippen molar-refractivity contribution in [1.29, 1.82) is 5.26 Å². The van der Waals surface area contributed by atoms with Gasteiger partial charge in [0.2, 0.25) is 10.0 Å². The number of amides is 1. The summed E-state index contributed by atoms with van der Waals surface area (Å²) in [7, 11) is -3.84. The summed E-state index contributed by atoms with van der Waals surface area (Å²) in [5.41, 5.74) is 2.41. The molecule has 0 saturated heterocycles. The van der Waals surface area contributed by atoms with Crippen molar-refractivity contribution in [2.75, 3.05) is 13.1 Å². The quantitative estimate of drug-likeness (QED) is 0.777. The van der Waals surface area contributed by atoms with Crippen LogP contribution < -0.4 is 5.32 Å². The topological polar surface area (TPSA) is 90.3 Å². The third-order valence-corrected chi connectivity index (χ3v) is 6.20. The fourth-order valence-electron chi connectivity index (χ4n) is 3.03. The largest absolute Gasteiger partial charge is 0.352 e. The normalized spacial score (nSPS) is 13.6. The van der Waals surface area contributed by atoms with Gasteiger partial charge < -0.3 is 5.32 Å². The van der Waals surface area contributed by atoms with Crippen molar-refractivity contribution in [1.82, 2.24) is 9.62 Å². The van der Waals surface area contributed by atoms with E-state index in [1.807, 2.05) is 6.07 Å². The minimum absolute atomic E-state index is 0.0663. The molecular weight excluding hydrogens is 362 g/mol. The molecule has 0 unspecified atom stereocenters. The van der Waals surface area contributed by atoms with Crippen molar-refractivity contribution >= 4 is 15.9 Å². The Morgan fingerprint density at radius 1 is 1.26 bits per heavy atom. The van der Waals surface area contributed by atoms with Crippen LogP contribution in [0.5, 0.6) is 0 Å². The predicted molar refractivity (Wildman–Crippen MR) is 101 cm³/mol. The molecule has 1 N–H and O–H groups in total. The first-order valence-corrected chi connectivity index (χ1v) is 9.91. The fourth-order valence-corrected chi connectivity index (χ4v) is 4.46. The highest BCUT2D eigenvalue weighted by Crippen LogP contribution is 2.23. The molecular formula is C20H19N3O3S. The van der Waals surface area contributed by atoms with Gasteiger partial charge in [-0.25, -0.2) is 8.42 Å². The number of benzene rings is 2. The van der Waals surface area contributed by atoms with Crippen LogP contribution in [0.15, 0.2) is 60.0 Å². The summed E-state index contributed by atoms with van der Waals surface area (Å²) in [6.07, 6.45) is 2.19. The smallest absolute Gasteiger partial charge is 0.251 e. The van der Waals surface area contributed by atoms with Gasteiger partial charge >= 0.3 is 0 Å². The van der Waals surface area contributed by atoms with Gasteiger partial charge in [-0.3, -0.25) is 4.79 Å². The maximum Gasteiger partial charge on any atom is 0.251 e. The highest BCUT2D eigenvalue weighted by atomic mass is 32.2. The van der Waals surface area contributed by atoms with Crippen LogP contribution in [0, 0.1) is 11.3 Å². The van der Waals surface area contributed by atoms with Crippen LogP contribution in [0.2, 0.25) is 0 Å². The lowest BCUT2D eigenvalue weighted by atomic mass is 10.0. The highest BCUT2D eigenvalue weighted by molar-refractivity contribution is 7.89. The zero-order chi connectivity index (χ0) is 19.4. The lowest BCUT2D eigenvalue weighted by Gasteiger charge is -2.23. The molecule has 0 fully saturated rings. The molecule has 138 valence electrons. The molecule has 0 aliphatic carbocycles. The Morgan fingerprint density at radius 3 is 2.81 bits per heavy atom. The summed E-state index contributed by atoms with van der Waals surface area (Å²) in [5.74, 6) is -0.259. The molecule has 0 aromatic heterocycles. The average molecular weight is 381 g/mol. The van der Waals surface area contributed by atoms with E-state index in [1.165, 1.54) is 22.5 Å². The Morgan fingerprint density at radius 2 is 2.07 bits per heavy atom. The lowest BCUT2D eigenvalue weighted by molar-refractivity contribution is 0.0945. The van der Waals surface area contributed by atoms with Crippen LogP contribution in [0.1, 0.15) is 27.0 Å².